The molecule has 2 aliphatic rings. The van der Waals surface area contributed by atoms with Gasteiger partial charge < -0.3 is 20.7 Å². The Morgan fingerprint density at radius 1 is 1.43 bits per heavy atom. The maximum absolute atomic E-state index is 11.7. The van der Waals surface area contributed by atoms with Crippen molar-refractivity contribution in [2.45, 2.75) is 70.2 Å². The van der Waals surface area contributed by atoms with E-state index in [1.165, 1.54) is 6.42 Å². The fourth-order valence-corrected chi connectivity index (χ4v) is 2.90. The molecule has 0 radical (unpaired) electrons. The first kappa shape index (κ1) is 16.1. The van der Waals surface area contributed by atoms with E-state index < -0.39 is 0 Å². The molecule has 1 amide bonds. The molecule has 0 aromatic heterocycles. The highest BCUT2D eigenvalue weighted by Gasteiger charge is 2.41. The Morgan fingerprint density at radius 2 is 2.24 bits per heavy atom. The molecule has 2 rings (SSSR count). The lowest BCUT2D eigenvalue weighted by molar-refractivity contribution is -0.121. The molecule has 4 unspecified atom stereocenters. The van der Waals surface area contributed by atoms with Crippen molar-refractivity contribution in [3.63, 3.8) is 0 Å². The number of rotatable bonds is 6. The van der Waals surface area contributed by atoms with Gasteiger partial charge in [-0.25, -0.2) is 0 Å². The van der Waals surface area contributed by atoms with Crippen LogP contribution in [0, 0.1) is 0 Å². The van der Waals surface area contributed by atoms with Crippen molar-refractivity contribution in [1.82, 2.24) is 16.0 Å². The first-order valence-corrected chi connectivity index (χ1v) is 8.04. The number of carbonyl (C=O) groups excluding carboxylic acids is 1. The molecular formula is C15H28N4O2. The monoisotopic (exact) mass is 296 g/mol. The molecule has 0 aliphatic carbocycles. The summed E-state index contributed by atoms with van der Waals surface area (Å²) in [6.45, 7) is 4.66. The Kier molecular flexibility index (Phi) is 5.85. The Labute approximate surface area is 127 Å². The van der Waals surface area contributed by atoms with Crippen LogP contribution >= 0.6 is 0 Å². The van der Waals surface area contributed by atoms with Gasteiger partial charge in [-0.05, 0) is 32.6 Å². The van der Waals surface area contributed by atoms with Gasteiger partial charge in [-0.2, -0.15) is 0 Å². The van der Waals surface area contributed by atoms with Crippen molar-refractivity contribution in [2.75, 3.05) is 13.6 Å². The summed E-state index contributed by atoms with van der Waals surface area (Å²) in [4.78, 5) is 15.9. The molecule has 0 aromatic carbocycles. The summed E-state index contributed by atoms with van der Waals surface area (Å²) < 4.78 is 5.82. The Balaban J connectivity index is 1.65. The molecule has 2 aliphatic heterocycles. The van der Waals surface area contributed by atoms with E-state index in [2.05, 4.69) is 27.9 Å². The summed E-state index contributed by atoms with van der Waals surface area (Å²) in [6.07, 6.45) is 5.53. The van der Waals surface area contributed by atoms with Gasteiger partial charge in [0.25, 0.3) is 0 Å². The molecule has 0 saturated carbocycles. The van der Waals surface area contributed by atoms with Crippen LogP contribution in [-0.2, 0) is 9.53 Å². The largest absolute Gasteiger partial charge is 0.373 e. The van der Waals surface area contributed by atoms with E-state index in [1.54, 1.807) is 7.05 Å². The molecule has 3 N–H and O–H groups in total. The van der Waals surface area contributed by atoms with E-state index in [0.717, 1.165) is 25.2 Å². The number of hydrogen-bond donors (Lipinski definition) is 3. The average Bonchev–Trinajstić information content (AvgIpc) is 3.08. The Morgan fingerprint density at radius 3 is 2.81 bits per heavy atom. The molecule has 2 fully saturated rings. The third-order valence-corrected chi connectivity index (χ3v) is 4.32. The van der Waals surface area contributed by atoms with Crippen molar-refractivity contribution < 1.29 is 9.53 Å². The van der Waals surface area contributed by atoms with Gasteiger partial charge >= 0.3 is 0 Å². The van der Waals surface area contributed by atoms with Crippen LogP contribution < -0.4 is 16.0 Å². The summed E-state index contributed by atoms with van der Waals surface area (Å²) in [5, 5.41) is 9.56. The summed E-state index contributed by atoms with van der Waals surface area (Å²) >= 11 is 0. The number of fused-ring (bicyclic) bond motifs is 2. The van der Waals surface area contributed by atoms with Crippen LogP contribution in [-0.4, -0.2) is 49.8 Å². The van der Waals surface area contributed by atoms with Crippen LogP contribution in [0.25, 0.3) is 0 Å². The van der Waals surface area contributed by atoms with Gasteiger partial charge in [0.2, 0.25) is 5.91 Å². The minimum absolute atomic E-state index is 0.0792. The zero-order valence-electron chi connectivity index (χ0n) is 13.3. The summed E-state index contributed by atoms with van der Waals surface area (Å²) in [7, 11) is 1.75. The molecule has 21 heavy (non-hydrogen) atoms. The van der Waals surface area contributed by atoms with Gasteiger partial charge in [0.05, 0.1) is 18.2 Å². The first-order valence-electron chi connectivity index (χ1n) is 8.04. The number of hydrogen-bond acceptors (Lipinski definition) is 3. The van der Waals surface area contributed by atoms with E-state index >= 15 is 0 Å². The van der Waals surface area contributed by atoms with Crippen LogP contribution in [0.2, 0.25) is 0 Å². The van der Waals surface area contributed by atoms with Crippen LogP contribution in [0.5, 0.6) is 0 Å². The predicted octanol–water partition coefficient (Wildman–Crippen LogP) is 0.776. The van der Waals surface area contributed by atoms with Gasteiger partial charge in [0.1, 0.15) is 0 Å². The Hall–Kier alpha value is -1.30. The highest BCUT2D eigenvalue weighted by molar-refractivity contribution is 5.81. The topological polar surface area (TPSA) is 74.8 Å². The first-order chi connectivity index (χ1) is 10.1. The van der Waals surface area contributed by atoms with Crippen LogP contribution in [0.4, 0.5) is 0 Å². The summed E-state index contributed by atoms with van der Waals surface area (Å²) in [5.74, 6) is 0.836. The molecule has 2 heterocycles. The molecule has 120 valence electrons. The minimum Gasteiger partial charge on any atom is -0.373 e. The van der Waals surface area contributed by atoms with Gasteiger partial charge in [0.15, 0.2) is 5.96 Å². The average molecular weight is 296 g/mol. The number of nitrogens with zero attached hydrogens (tertiary/aromatic N) is 1. The molecule has 2 saturated heterocycles. The van der Waals surface area contributed by atoms with Gasteiger partial charge in [0, 0.05) is 26.1 Å². The number of carbonyl (C=O) groups is 1. The standard InChI is InChI=1S/C15H28N4O2/c1-4-10(2)18-14(20)7-8-17-15(16-3)19-12-9-11-5-6-13(12)21-11/h10-13H,4-9H2,1-3H3,(H,18,20)(H2,16,17,19). The van der Waals surface area contributed by atoms with E-state index in [-0.39, 0.29) is 11.9 Å². The normalized spacial score (nSPS) is 29.3. The van der Waals surface area contributed by atoms with Crippen molar-refractivity contribution in [3.8, 4) is 0 Å². The number of guanidine groups is 1. The maximum atomic E-state index is 11.7. The smallest absolute Gasteiger partial charge is 0.221 e. The predicted molar refractivity (Wildman–Crippen MR) is 83.3 cm³/mol. The third-order valence-electron chi connectivity index (χ3n) is 4.32. The van der Waals surface area contributed by atoms with Crippen LogP contribution in [0.1, 0.15) is 46.0 Å². The lowest BCUT2D eigenvalue weighted by atomic mass is 9.96. The maximum Gasteiger partial charge on any atom is 0.221 e. The molecule has 0 spiro atoms. The van der Waals surface area contributed by atoms with E-state index in [0.29, 0.717) is 31.2 Å². The number of nitrogens with one attached hydrogen (secondary N) is 3. The van der Waals surface area contributed by atoms with Gasteiger partial charge in [-0.3, -0.25) is 9.79 Å². The zero-order valence-corrected chi connectivity index (χ0v) is 13.3. The molecular weight excluding hydrogens is 268 g/mol. The summed E-state index contributed by atoms with van der Waals surface area (Å²) in [6, 6.07) is 0.588. The molecule has 6 heteroatoms. The van der Waals surface area contributed by atoms with Crippen molar-refractivity contribution in [1.29, 1.82) is 0 Å². The molecule has 4 atom stereocenters. The molecule has 2 bridgehead atoms. The van der Waals surface area contributed by atoms with Crippen molar-refractivity contribution >= 4 is 11.9 Å². The van der Waals surface area contributed by atoms with Crippen molar-refractivity contribution in [2.24, 2.45) is 4.99 Å². The zero-order chi connectivity index (χ0) is 15.2. The second-order valence-corrected chi connectivity index (χ2v) is 5.99. The summed E-state index contributed by atoms with van der Waals surface area (Å²) in [5.41, 5.74) is 0. The van der Waals surface area contributed by atoms with E-state index in [4.69, 9.17) is 4.74 Å². The second kappa shape index (κ2) is 7.64. The number of ether oxygens (including phenoxy) is 1. The molecule has 0 aromatic rings. The minimum atomic E-state index is 0.0792. The van der Waals surface area contributed by atoms with Crippen molar-refractivity contribution in [3.05, 3.63) is 0 Å². The lowest BCUT2D eigenvalue weighted by Gasteiger charge is -2.22. The molecule has 6 nitrogen and oxygen atoms in total. The van der Waals surface area contributed by atoms with Gasteiger partial charge in [-0.15, -0.1) is 0 Å². The number of amides is 1. The Bertz CT molecular complexity index is 386. The van der Waals surface area contributed by atoms with Crippen LogP contribution in [0.3, 0.4) is 0 Å². The van der Waals surface area contributed by atoms with E-state index in [1.807, 2.05) is 6.92 Å². The SMILES string of the molecule is CCC(C)NC(=O)CCNC(=NC)NC1CC2CCC1O2. The van der Waals surface area contributed by atoms with Crippen LogP contribution in [0.15, 0.2) is 4.99 Å². The third kappa shape index (κ3) is 4.59. The highest BCUT2D eigenvalue weighted by Crippen LogP contribution is 2.34. The fraction of sp³-hybridized carbons (Fsp3) is 0.867. The second-order valence-electron chi connectivity index (χ2n) is 5.99. The number of aliphatic imine (C=N–C) groups is 1. The fourth-order valence-electron chi connectivity index (χ4n) is 2.90. The quantitative estimate of drug-likeness (QED) is 0.500. The lowest BCUT2D eigenvalue weighted by Crippen LogP contribution is -2.48. The highest BCUT2D eigenvalue weighted by atomic mass is 16.5. The van der Waals surface area contributed by atoms with Gasteiger partial charge in [-0.1, -0.05) is 6.92 Å². The van der Waals surface area contributed by atoms with E-state index in [9.17, 15) is 4.79 Å².